The summed E-state index contributed by atoms with van der Waals surface area (Å²) in [5.41, 5.74) is 0. The molecule has 1 heterocycles. The third-order valence-electron chi connectivity index (χ3n) is 4.06. The molecule has 1 saturated heterocycles. The number of piperidine rings is 1. The molecule has 0 bridgehead atoms. The number of nitrogens with zero attached hydrogens (tertiary/aromatic N) is 1. The Morgan fingerprint density at radius 1 is 1.00 bits per heavy atom. The molecule has 0 atom stereocenters. The lowest BCUT2D eigenvalue weighted by molar-refractivity contribution is 0.179. The molecule has 2 aliphatic rings. The second kappa shape index (κ2) is 6.26. The van der Waals surface area contributed by atoms with Crippen LogP contribution in [0.15, 0.2) is 35.2 Å². The van der Waals surface area contributed by atoms with E-state index in [1.807, 2.05) is 0 Å². The Morgan fingerprint density at radius 3 is 2.23 bits per heavy atom. The molecule has 0 radical (unpaired) electrons. The fourth-order valence-electron chi connectivity index (χ4n) is 2.58. The maximum Gasteiger partial charge on any atom is 0.317 e. The summed E-state index contributed by atoms with van der Waals surface area (Å²) in [6.07, 6.45) is 3.42. The second-order valence-corrected chi connectivity index (χ2v) is 7.63. The molecule has 1 aliphatic heterocycles. The van der Waals surface area contributed by atoms with Gasteiger partial charge in [0.1, 0.15) is 0 Å². The van der Waals surface area contributed by atoms with Crippen molar-refractivity contribution in [2.24, 2.45) is 0 Å². The number of nitrogens with one attached hydrogen (secondary N) is 2. The van der Waals surface area contributed by atoms with Gasteiger partial charge in [-0.3, -0.25) is 0 Å². The average Bonchev–Trinajstić information content (AvgIpc) is 3.32. The van der Waals surface area contributed by atoms with E-state index in [2.05, 4.69) is 10.0 Å². The number of hydrogen-bond acceptors (Lipinski definition) is 3. The largest absolute Gasteiger partial charge is 0.335 e. The van der Waals surface area contributed by atoms with Gasteiger partial charge in [-0.25, -0.2) is 17.9 Å². The van der Waals surface area contributed by atoms with Gasteiger partial charge in [-0.1, -0.05) is 18.2 Å². The van der Waals surface area contributed by atoms with Crippen LogP contribution in [0.1, 0.15) is 25.7 Å². The molecule has 2 N–H and O–H groups in total. The zero-order chi connectivity index (χ0) is 15.6. The summed E-state index contributed by atoms with van der Waals surface area (Å²) in [5.74, 6) is 0. The number of likely N-dealkylation sites (tertiary alicyclic amines) is 1. The van der Waals surface area contributed by atoms with Crippen molar-refractivity contribution in [3.05, 3.63) is 30.3 Å². The van der Waals surface area contributed by atoms with Crippen LogP contribution < -0.4 is 10.0 Å². The van der Waals surface area contributed by atoms with E-state index < -0.39 is 10.0 Å². The summed E-state index contributed by atoms with van der Waals surface area (Å²) in [7, 11) is -3.48. The van der Waals surface area contributed by atoms with Gasteiger partial charge in [0.25, 0.3) is 0 Å². The Bertz CT molecular complexity index is 621. The molecule has 7 heteroatoms. The van der Waals surface area contributed by atoms with E-state index in [9.17, 15) is 13.2 Å². The van der Waals surface area contributed by atoms with E-state index in [1.54, 1.807) is 35.2 Å². The molecule has 0 unspecified atom stereocenters. The first-order chi connectivity index (χ1) is 10.5. The third kappa shape index (κ3) is 3.78. The first-order valence-corrected chi connectivity index (χ1v) is 9.16. The Labute approximate surface area is 130 Å². The third-order valence-corrected chi connectivity index (χ3v) is 5.60. The standard InChI is InChI=1S/C15H21N3O3S/c19-15(16-12-6-7-12)18-10-8-13(9-11-18)17-22(20,21)14-4-2-1-3-5-14/h1-5,12-13,17H,6-11H2,(H,16,19). The lowest BCUT2D eigenvalue weighted by Gasteiger charge is -2.32. The molecule has 3 rings (SSSR count). The van der Waals surface area contributed by atoms with E-state index in [0.29, 0.717) is 32.0 Å². The van der Waals surface area contributed by atoms with Gasteiger partial charge in [-0.15, -0.1) is 0 Å². The minimum absolute atomic E-state index is 0.0214. The van der Waals surface area contributed by atoms with E-state index in [4.69, 9.17) is 0 Å². The summed E-state index contributed by atoms with van der Waals surface area (Å²) in [6.45, 7) is 1.17. The monoisotopic (exact) mass is 323 g/mol. The molecule has 1 saturated carbocycles. The predicted octanol–water partition coefficient (Wildman–Crippen LogP) is 1.30. The molecular formula is C15H21N3O3S. The fraction of sp³-hybridized carbons (Fsp3) is 0.533. The topological polar surface area (TPSA) is 78.5 Å². The van der Waals surface area contributed by atoms with Gasteiger partial charge in [0.15, 0.2) is 0 Å². The van der Waals surface area contributed by atoms with Crippen LogP contribution in [-0.4, -0.2) is 44.5 Å². The van der Waals surface area contributed by atoms with Crippen LogP contribution in [0, 0.1) is 0 Å². The van der Waals surface area contributed by atoms with Crippen molar-refractivity contribution in [2.75, 3.05) is 13.1 Å². The van der Waals surface area contributed by atoms with Crippen LogP contribution >= 0.6 is 0 Å². The second-order valence-electron chi connectivity index (χ2n) is 5.92. The highest BCUT2D eigenvalue weighted by molar-refractivity contribution is 7.89. The van der Waals surface area contributed by atoms with E-state index >= 15 is 0 Å². The normalized spacial score (nSPS) is 19.9. The van der Waals surface area contributed by atoms with Gasteiger partial charge in [0.2, 0.25) is 10.0 Å². The van der Waals surface area contributed by atoms with E-state index in [-0.39, 0.29) is 17.0 Å². The lowest BCUT2D eigenvalue weighted by atomic mass is 10.1. The first kappa shape index (κ1) is 15.3. The number of urea groups is 1. The van der Waals surface area contributed by atoms with E-state index in [0.717, 1.165) is 12.8 Å². The van der Waals surface area contributed by atoms with Gasteiger partial charge in [-0.2, -0.15) is 0 Å². The van der Waals surface area contributed by atoms with Crippen molar-refractivity contribution in [3.63, 3.8) is 0 Å². The SMILES string of the molecule is O=C(NC1CC1)N1CCC(NS(=O)(=O)c2ccccc2)CC1. The number of carbonyl (C=O) groups excluding carboxylic acids is 1. The van der Waals surface area contributed by atoms with Gasteiger partial charge >= 0.3 is 6.03 Å². The van der Waals surface area contributed by atoms with Crippen molar-refractivity contribution >= 4 is 16.1 Å². The highest BCUT2D eigenvalue weighted by Gasteiger charge is 2.29. The summed E-state index contributed by atoms with van der Waals surface area (Å²) >= 11 is 0. The zero-order valence-corrected chi connectivity index (χ0v) is 13.2. The summed E-state index contributed by atoms with van der Waals surface area (Å²) < 4.78 is 27.3. The van der Waals surface area contributed by atoms with Crippen LogP contribution in [0.4, 0.5) is 4.79 Å². The highest BCUT2D eigenvalue weighted by Crippen LogP contribution is 2.20. The van der Waals surface area contributed by atoms with Gasteiger partial charge in [0.05, 0.1) is 4.90 Å². The zero-order valence-electron chi connectivity index (χ0n) is 12.4. The molecular weight excluding hydrogens is 302 g/mol. The van der Waals surface area contributed by atoms with Crippen LogP contribution in [-0.2, 0) is 10.0 Å². The lowest BCUT2D eigenvalue weighted by Crippen LogP contribution is -2.49. The fourth-order valence-corrected chi connectivity index (χ4v) is 3.91. The quantitative estimate of drug-likeness (QED) is 0.877. The van der Waals surface area contributed by atoms with Crippen LogP contribution in [0.25, 0.3) is 0 Å². The Kier molecular flexibility index (Phi) is 4.35. The molecule has 1 aromatic rings. The number of rotatable bonds is 4. The number of benzene rings is 1. The minimum Gasteiger partial charge on any atom is -0.335 e. The maximum atomic E-state index is 12.3. The Hall–Kier alpha value is -1.60. The molecule has 2 fully saturated rings. The average molecular weight is 323 g/mol. The van der Waals surface area contributed by atoms with Gasteiger partial charge in [0, 0.05) is 25.2 Å². The van der Waals surface area contributed by atoms with Crippen molar-refractivity contribution in [1.82, 2.24) is 14.9 Å². The minimum atomic E-state index is -3.48. The Balaban J connectivity index is 1.52. The van der Waals surface area contributed by atoms with Crippen LogP contribution in [0.2, 0.25) is 0 Å². The number of sulfonamides is 1. The Morgan fingerprint density at radius 2 is 1.64 bits per heavy atom. The maximum absolute atomic E-state index is 12.3. The smallest absolute Gasteiger partial charge is 0.317 e. The molecule has 1 aromatic carbocycles. The summed E-state index contributed by atoms with van der Waals surface area (Å²) in [4.78, 5) is 14.0. The molecule has 120 valence electrons. The van der Waals surface area contributed by atoms with Gasteiger partial charge in [-0.05, 0) is 37.8 Å². The van der Waals surface area contributed by atoms with Crippen molar-refractivity contribution in [3.8, 4) is 0 Å². The van der Waals surface area contributed by atoms with E-state index in [1.165, 1.54) is 0 Å². The van der Waals surface area contributed by atoms with Crippen molar-refractivity contribution in [1.29, 1.82) is 0 Å². The van der Waals surface area contributed by atoms with Crippen LogP contribution in [0.5, 0.6) is 0 Å². The molecule has 2 amide bonds. The molecule has 0 spiro atoms. The molecule has 1 aliphatic carbocycles. The number of amides is 2. The summed E-state index contributed by atoms with van der Waals surface area (Å²) in [6, 6.07) is 8.58. The molecule has 0 aromatic heterocycles. The molecule has 22 heavy (non-hydrogen) atoms. The van der Waals surface area contributed by atoms with Crippen molar-refractivity contribution < 1.29 is 13.2 Å². The highest BCUT2D eigenvalue weighted by atomic mass is 32.2. The van der Waals surface area contributed by atoms with Gasteiger partial charge < -0.3 is 10.2 Å². The predicted molar refractivity (Wildman–Crippen MR) is 82.9 cm³/mol. The first-order valence-electron chi connectivity index (χ1n) is 7.67. The number of carbonyl (C=O) groups is 1. The van der Waals surface area contributed by atoms with Crippen LogP contribution in [0.3, 0.4) is 0 Å². The summed E-state index contributed by atoms with van der Waals surface area (Å²) in [5, 5.41) is 2.96. The van der Waals surface area contributed by atoms with Crippen molar-refractivity contribution in [2.45, 2.75) is 42.7 Å². The molecule has 6 nitrogen and oxygen atoms in total. The number of hydrogen-bond donors (Lipinski definition) is 2.